The molecule has 0 aliphatic carbocycles. The first kappa shape index (κ1) is 14.0. The Hall–Kier alpha value is -1.10. The van der Waals surface area contributed by atoms with Crippen molar-refractivity contribution in [3.05, 3.63) is 0 Å². The summed E-state index contributed by atoms with van der Waals surface area (Å²) in [5.74, 6) is -0.738. The third-order valence-corrected chi connectivity index (χ3v) is 2.83. The van der Waals surface area contributed by atoms with E-state index in [0.717, 1.165) is 25.8 Å². The zero-order chi connectivity index (χ0) is 12.8. The lowest BCUT2D eigenvalue weighted by molar-refractivity contribution is -0.146. The molecule has 1 aliphatic heterocycles. The second-order valence-corrected chi connectivity index (χ2v) is 5.01. The zero-order valence-corrected chi connectivity index (χ0v) is 10.6. The summed E-state index contributed by atoms with van der Waals surface area (Å²) in [5.41, 5.74) is 0. The van der Waals surface area contributed by atoms with Gasteiger partial charge in [0.05, 0.1) is 6.04 Å². The number of rotatable bonds is 5. The molecule has 17 heavy (non-hydrogen) atoms. The van der Waals surface area contributed by atoms with E-state index in [2.05, 4.69) is 5.32 Å². The monoisotopic (exact) mass is 242 g/mol. The normalized spacial score (nSPS) is 20.3. The summed E-state index contributed by atoms with van der Waals surface area (Å²) in [7, 11) is 0. The van der Waals surface area contributed by atoms with E-state index in [4.69, 9.17) is 5.11 Å². The SMILES string of the molecule is CC(C)CN(CC(=O)O)C(=O)[C@@H]1CCCCN1. The second kappa shape index (κ2) is 6.59. The summed E-state index contributed by atoms with van der Waals surface area (Å²) >= 11 is 0. The quantitative estimate of drug-likeness (QED) is 0.744. The fourth-order valence-corrected chi connectivity index (χ4v) is 2.12. The minimum Gasteiger partial charge on any atom is -0.480 e. The van der Waals surface area contributed by atoms with Gasteiger partial charge in [-0.15, -0.1) is 0 Å². The lowest BCUT2D eigenvalue weighted by Gasteiger charge is -2.30. The van der Waals surface area contributed by atoms with Gasteiger partial charge < -0.3 is 15.3 Å². The molecule has 0 saturated carbocycles. The number of carbonyl (C=O) groups excluding carboxylic acids is 1. The lowest BCUT2D eigenvalue weighted by atomic mass is 10.0. The molecule has 0 aromatic carbocycles. The molecule has 5 nitrogen and oxygen atoms in total. The minimum atomic E-state index is -0.949. The Kier molecular flexibility index (Phi) is 5.41. The van der Waals surface area contributed by atoms with Crippen LogP contribution in [0.2, 0.25) is 0 Å². The van der Waals surface area contributed by atoms with Crippen LogP contribution in [0.25, 0.3) is 0 Å². The fourth-order valence-electron chi connectivity index (χ4n) is 2.12. The number of piperidine rings is 1. The summed E-state index contributed by atoms with van der Waals surface area (Å²) < 4.78 is 0. The zero-order valence-electron chi connectivity index (χ0n) is 10.6. The van der Waals surface area contributed by atoms with Crippen molar-refractivity contribution in [1.82, 2.24) is 10.2 Å². The predicted molar refractivity (Wildman–Crippen MR) is 64.7 cm³/mol. The van der Waals surface area contributed by atoms with Crippen molar-refractivity contribution in [3.8, 4) is 0 Å². The van der Waals surface area contributed by atoms with Gasteiger partial charge in [-0.1, -0.05) is 20.3 Å². The highest BCUT2D eigenvalue weighted by Crippen LogP contribution is 2.11. The van der Waals surface area contributed by atoms with Crippen molar-refractivity contribution in [2.24, 2.45) is 5.92 Å². The first-order valence-electron chi connectivity index (χ1n) is 6.24. The number of hydrogen-bond acceptors (Lipinski definition) is 3. The van der Waals surface area contributed by atoms with Crippen LogP contribution in [0, 0.1) is 5.92 Å². The number of carboxylic acids is 1. The van der Waals surface area contributed by atoms with E-state index in [1.165, 1.54) is 4.90 Å². The third-order valence-electron chi connectivity index (χ3n) is 2.83. The molecule has 1 saturated heterocycles. The molecule has 0 radical (unpaired) electrons. The number of hydrogen-bond donors (Lipinski definition) is 2. The molecule has 1 aliphatic rings. The molecule has 0 spiro atoms. The van der Waals surface area contributed by atoms with Crippen LogP contribution in [-0.4, -0.2) is 47.6 Å². The van der Waals surface area contributed by atoms with Gasteiger partial charge >= 0.3 is 5.97 Å². The maximum Gasteiger partial charge on any atom is 0.323 e. The summed E-state index contributed by atoms with van der Waals surface area (Å²) in [5, 5.41) is 12.0. The van der Waals surface area contributed by atoms with Crippen LogP contribution >= 0.6 is 0 Å². The van der Waals surface area contributed by atoms with Crippen molar-refractivity contribution >= 4 is 11.9 Å². The summed E-state index contributed by atoms with van der Waals surface area (Å²) in [6, 6.07) is -0.193. The Bertz CT molecular complexity index is 273. The molecule has 1 atom stereocenters. The van der Waals surface area contributed by atoms with E-state index >= 15 is 0 Å². The minimum absolute atomic E-state index is 0.0687. The average molecular weight is 242 g/mol. The molecule has 0 aromatic heterocycles. The lowest BCUT2D eigenvalue weighted by Crippen LogP contribution is -2.50. The van der Waals surface area contributed by atoms with Crippen LogP contribution in [0.1, 0.15) is 33.1 Å². The van der Waals surface area contributed by atoms with Crippen LogP contribution in [0.5, 0.6) is 0 Å². The van der Waals surface area contributed by atoms with Crippen LogP contribution < -0.4 is 5.32 Å². The number of nitrogens with zero attached hydrogens (tertiary/aromatic N) is 1. The van der Waals surface area contributed by atoms with Gasteiger partial charge in [-0.2, -0.15) is 0 Å². The average Bonchev–Trinajstić information content (AvgIpc) is 2.27. The molecule has 1 fully saturated rings. The highest BCUT2D eigenvalue weighted by molar-refractivity contribution is 5.85. The van der Waals surface area contributed by atoms with E-state index in [9.17, 15) is 9.59 Å². The molecular formula is C12H22N2O3. The Balaban J connectivity index is 2.60. The molecule has 2 N–H and O–H groups in total. The Morgan fingerprint density at radius 2 is 2.12 bits per heavy atom. The van der Waals surface area contributed by atoms with Gasteiger partial charge in [0, 0.05) is 6.54 Å². The van der Waals surface area contributed by atoms with E-state index < -0.39 is 5.97 Å². The first-order valence-corrected chi connectivity index (χ1v) is 6.24. The fraction of sp³-hybridized carbons (Fsp3) is 0.833. The highest BCUT2D eigenvalue weighted by atomic mass is 16.4. The number of carboxylic acid groups (broad SMARTS) is 1. The maximum absolute atomic E-state index is 12.2. The van der Waals surface area contributed by atoms with Gasteiger partial charge in [-0.25, -0.2) is 0 Å². The molecular weight excluding hydrogens is 220 g/mol. The summed E-state index contributed by atoms with van der Waals surface area (Å²) in [6.45, 7) is 5.12. The molecule has 98 valence electrons. The number of carbonyl (C=O) groups is 2. The van der Waals surface area contributed by atoms with Crippen LogP contribution in [0.4, 0.5) is 0 Å². The van der Waals surface area contributed by atoms with E-state index in [1.807, 2.05) is 13.8 Å². The van der Waals surface area contributed by atoms with Gasteiger partial charge in [0.15, 0.2) is 0 Å². The van der Waals surface area contributed by atoms with Gasteiger partial charge in [0.2, 0.25) is 5.91 Å². The van der Waals surface area contributed by atoms with Crippen LogP contribution in [0.3, 0.4) is 0 Å². The Labute approximate surface area is 102 Å². The van der Waals surface area contributed by atoms with Crippen molar-refractivity contribution in [2.75, 3.05) is 19.6 Å². The molecule has 0 unspecified atom stereocenters. The largest absolute Gasteiger partial charge is 0.480 e. The molecule has 0 bridgehead atoms. The van der Waals surface area contributed by atoms with E-state index in [1.54, 1.807) is 0 Å². The molecule has 1 heterocycles. The van der Waals surface area contributed by atoms with Crippen LogP contribution in [-0.2, 0) is 9.59 Å². The Morgan fingerprint density at radius 1 is 1.41 bits per heavy atom. The van der Waals surface area contributed by atoms with E-state index in [-0.39, 0.29) is 24.4 Å². The molecule has 0 aromatic rings. The molecule has 5 heteroatoms. The smallest absolute Gasteiger partial charge is 0.323 e. The molecule has 1 rings (SSSR count). The topological polar surface area (TPSA) is 69.6 Å². The summed E-state index contributed by atoms with van der Waals surface area (Å²) in [4.78, 5) is 24.4. The highest BCUT2D eigenvalue weighted by Gasteiger charge is 2.27. The number of nitrogens with one attached hydrogen (secondary N) is 1. The Morgan fingerprint density at radius 3 is 2.59 bits per heavy atom. The maximum atomic E-state index is 12.2. The first-order chi connectivity index (χ1) is 8.00. The van der Waals surface area contributed by atoms with Gasteiger partial charge in [-0.3, -0.25) is 9.59 Å². The molecule has 1 amide bonds. The predicted octanol–water partition coefficient (Wildman–Crippen LogP) is 0.698. The van der Waals surface area contributed by atoms with E-state index in [0.29, 0.717) is 6.54 Å². The van der Waals surface area contributed by atoms with Gasteiger partial charge in [-0.05, 0) is 25.3 Å². The standard InChI is InChI=1S/C12H22N2O3/c1-9(2)7-14(8-11(15)16)12(17)10-5-3-4-6-13-10/h9-10,13H,3-8H2,1-2H3,(H,15,16)/t10-/m0/s1. The van der Waals surface area contributed by atoms with Crippen molar-refractivity contribution in [2.45, 2.75) is 39.2 Å². The van der Waals surface area contributed by atoms with Crippen molar-refractivity contribution in [3.63, 3.8) is 0 Å². The van der Waals surface area contributed by atoms with Gasteiger partial charge in [0.1, 0.15) is 6.54 Å². The van der Waals surface area contributed by atoms with Gasteiger partial charge in [0.25, 0.3) is 0 Å². The number of aliphatic carboxylic acids is 1. The van der Waals surface area contributed by atoms with Crippen molar-refractivity contribution < 1.29 is 14.7 Å². The second-order valence-electron chi connectivity index (χ2n) is 5.01. The summed E-state index contributed by atoms with van der Waals surface area (Å²) in [6.07, 6.45) is 2.94. The number of amides is 1. The van der Waals surface area contributed by atoms with Crippen molar-refractivity contribution in [1.29, 1.82) is 0 Å². The third kappa shape index (κ3) is 4.73. The van der Waals surface area contributed by atoms with Crippen LogP contribution in [0.15, 0.2) is 0 Å².